The van der Waals surface area contributed by atoms with E-state index in [1.807, 2.05) is 36.4 Å². The second kappa shape index (κ2) is 5.98. The van der Waals surface area contributed by atoms with Gasteiger partial charge in [0.2, 0.25) is 0 Å². The largest absolute Gasteiger partial charge is 0.487 e. The summed E-state index contributed by atoms with van der Waals surface area (Å²) in [6.07, 6.45) is 1.16. The van der Waals surface area contributed by atoms with Crippen LogP contribution in [0.3, 0.4) is 0 Å². The van der Waals surface area contributed by atoms with E-state index in [1.165, 1.54) is 0 Å². The van der Waals surface area contributed by atoms with E-state index in [0.29, 0.717) is 12.4 Å². The van der Waals surface area contributed by atoms with Crippen molar-refractivity contribution in [2.24, 2.45) is 0 Å². The molecule has 3 nitrogen and oxygen atoms in total. The Morgan fingerprint density at radius 2 is 2.17 bits per heavy atom. The Hall–Kier alpha value is -1.39. The van der Waals surface area contributed by atoms with E-state index in [-0.39, 0.29) is 0 Å². The van der Waals surface area contributed by atoms with Gasteiger partial charge in [0.05, 0.1) is 11.8 Å². The topological polar surface area (TPSA) is 42.4 Å². The number of benzene rings is 1. The van der Waals surface area contributed by atoms with Crippen molar-refractivity contribution in [2.45, 2.75) is 19.6 Å². The predicted octanol–water partition coefficient (Wildman–Crippen LogP) is 3.48. The minimum absolute atomic E-state index is 0.391. The minimum atomic E-state index is -0.568. The molecule has 1 aromatic heterocycles. The summed E-state index contributed by atoms with van der Waals surface area (Å²) in [5.41, 5.74) is 1.62. The van der Waals surface area contributed by atoms with Gasteiger partial charge in [0.15, 0.2) is 0 Å². The fourth-order valence-corrected chi connectivity index (χ4v) is 1.99. The van der Waals surface area contributed by atoms with E-state index >= 15 is 0 Å². The maximum atomic E-state index is 9.71. The van der Waals surface area contributed by atoms with E-state index < -0.39 is 6.10 Å². The molecule has 0 aliphatic heterocycles. The van der Waals surface area contributed by atoms with Crippen molar-refractivity contribution in [3.63, 3.8) is 0 Å². The van der Waals surface area contributed by atoms with Gasteiger partial charge in [0.1, 0.15) is 12.4 Å². The molecule has 0 unspecified atom stereocenters. The van der Waals surface area contributed by atoms with Gasteiger partial charge in [-0.3, -0.25) is 4.98 Å². The van der Waals surface area contributed by atoms with Crippen molar-refractivity contribution in [1.82, 2.24) is 4.98 Å². The zero-order valence-electron chi connectivity index (χ0n) is 10.0. The fraction of sp³-hybridized carbons (Fsp3) is 0.214. The number of ether oxygens (including phenoxy) is 1. The zero-order valence-corrected chi connectivity index (χ0v) is 11.6. The number of aromatic nitrogens is 1. The molecule has 0 saturated heterocycles. The number of rotatable bonds is 4. The average Bonchev–Trinajstić information content (AvgIpc) is 2.38. The first-order valence-corrected chi connectivity index (χ1v) is 6.46. The van der Waals surface area contributed by atoms with Crippen molar-refractivity contribution in [3.8, 4) is 5.75 Å². The van der Waals surface area contributed by atoms with Crippen LogP contribution in [0.25, 0.3) is 0 Å². The maximum absolute atomic E-state index is 9.71. The summed E-state index contributed by atoms with van der Waals surface area (Å²) < 4.78 is 6.62. The molecule has 0 aliphatic carbocycles. The maximum Gasteiger partial charge on any atom is 0.130 e. The Balaban J connectivity index is 2.14. The molecule has 0 bridgehead atoms. The van der Waals surface area contributed by atoms with Crippen LogP contribution in [0.2, 0.25) is 0 Å². The summed E-state index contributed by atoms with van der Waals surface area (Å²) in [5, 5.41) is 9.71. The number of hydrogen-bond acceptors (Lipinski definition) is 3. The van der Waals surface area contributed by atoms with Crippen molar-refractivity contribution in [3.05, 3.63) is 58.3 Å². The molecule has 1 N–H and O–H groups in total. The summed E-state index contributed by atoms with van der Waals surface area (Å²) in [4.78, 5) is 4.19. The Morgan fingerprint density at radius 1 is 1.33 bits per heavy atom. The van der Waals surface area contributed by atoms with Gasteiger partial charge < -0.3 is 9.84 Å². The number of hydrogen-bond donors (Lipinski definition) is 1. The van der Waals surface area contributed by atoms with Crippen LogP contribution >= 0.6 is 15.9 Å². The van der Waals surface area contributed by atoms with Crippen LogP contribution in [0, 0.1) is 0 Å². The molecule has 0 fully saturated rings. The second-order valence-corrected chi connectivity index (χ2v) is 4.88. The Labute approximate surface area is 115 Å². The lowest BCUT2D eigenvalue weighted by atomic mass is 10.1. The monoisotopic (exact) mass is 307 g/mol. The summed E-state index contributed by atoms with van der Waals surface area (Å²) in [6, 6.07) is 11.3. The van der Waals surface area contributed by atoms with E-state index in [2.05, 4.69) is 20.9 Å². The SMILES string of the molecule is C[C@@H](O)c1cc(Br)ccc1OCc1ccccn1. The summed E-state index contributed by atoms with van der Waals surface area (Å²) in [7, 11) is 0. The molecule has 2 aromatic rings. The second-order valence-electron chi connectivity index (χ2n) is 3.97. The predicted molar refractivity (Wildman–Crippen MR) is 73.3 cm³/mol. The highest BCUT2D eigenvalue weighted by Gasteiger charge is 2.10. The number of aliphatic hydroxyl groups excluding tert-OH is 1. The van der Waals surface area contributed by atoms with Crippen LogP contribution in [0.1, 0.15) is 24.3 Å². The van der Waals surface area contributed by atoms with Gasteiger partial charge in [0, 0.05) is 16.2 Å². The number of pyridine rings is 1. The molecule has 0 saturated carbocycles. The smallest absolute Gasteiger partial charge is 0.130 e. The van der Waals surface area contributed by atoms with Gasteiger partial charge in [0.25, 0.3) is 0 Å². The van der Waals surface area contributed by atoms with Gasteiger partial charge in [-0.15, -0.1) is 0 Å². The lowest BCUT2D eigenvalue weighted by Crippen LogP contribution is -2.02. The van der Waals surface area contributed by atoms with Crippen LogP contribution in [0.4, 0.5) is 0 Å². The lowest BCUT2D eigenvalue weighted by molar-refractivity contribution is 0.189. The third kappa shape index (κ3) is 3.31. The van der Waals surface area contributed by atoms with E-state index in [9.17, 15) is 5.11 Å². The third-order valence-corrected chi connectivity index (χ3v) is 3.02. The van der Waals surface area contributed by atoms with E-state index in [4.69, 9.17) is 4.74 Å². The van der Waals surface area contributed by atoms with Crippen LogP contribution in [0.5, 0.6) is 5.75 Å². The van der Waals surface area contributed by atoms with E-state index in [0.717, 1.165) is 15.7 Å². The molecule has 0 amide bonds. The first-order chi connectivity index (χ1) is 8.66. The van der Waals surface area contributed by atoms with Gasteiger partial charge in [-0.2, -0.15) is 0 Å². The van der Waals surface area contributed by atoms with Crippen LogP contribution < -0.4 is 4.74 Å². The highest BCUT2D eigenvalue weighted by Crippen LogP contribution is 2.28. The van der Waals surface area contributed by atoms with Gasteiger partial charge in [-0.1, -0.05) is 22.0 Å². The summed E-state index contributed by atoms with van der Waals surface area (Å²) in [6.45, 7) is 2.11. The van der Waals surface area contributed by atoms with Crippen LogP contribution in [0.15, 0.2) is 47.1 Å². The molecule has 1 atom stereocenters. The molecule has 0 spiro atoms. The number of aliphatic hydroxyl groups is 1. The average molecular weight is 308 g/mol. The van der Waals surface area contributed by atoms with Gasteiger partial charge >= 0.3 is 0 Å². The standard InChI is InChI=1S/C14H14BrNO2/c1-10(17)13-8-11(15)5-6-14(13)18-9-12-4-2-3-7-16-12/h2-8,10,17H,9H2,1H3/t10-/m1/s1. The van der Waals surface area contributed by atoms with Crippen molar-refractivity contribution < 1.29 is 9.84 Å². The molecule has 4 heteroatoms. The molecule has 94 valence electrons. The highest BCUT2D eigenvalue weighted by atomic mass is 79.9. The fourth-order valence-electron chi connectivity index (χ4n) is 1.61. The summed E-state index contributed by atoms with van der Waals surface area (Å²) in [5.74, 6) is 0.679. The molecule has 1 heterocycles. The Morgan fingerprint density at radius 3 is 2.83 bits per heavy atom. The third-order valence-electron chi connectivity index (χ3n) is 2.52. The zero-order chi connectivity index (χ0) is 13.0. The molecule has 1 aromatic carbocycles. The first-order valence-electron chi connectivity index (χ1n) is 5.67. The first kappa shape index (κ1) is 13.1. The van der Waals surface area contributed by atoms with Crippen molar-refractivity contribution in [1.29, 1.82) is 0 Å². The van der Waals surface area contributed by atoms with Crippen molar-refractivity contribution in [2.75, 3.05) is 0 Å². The highest BCUT2D eigenvalue weighted by molar-refractivity contribution is 9.10. The molecule has 0 aliphatic rings. The molecular formula is C14H14BrNO2. The summed E-state index contributed by atoms with van der Waals surface area (Å²) >= 11 is 3.38. The molecule has 0 radical (unpaired) electrons. The molecule has 18 heavy (non-hydrogen) atoms. The van der Waals surface area contributed by atoms with Crippen LogP contribution in [-0.4, -0.2) is 10.1 Å². The normalized spacial score (nSPS) is 12.2. The van der Waals surface area contributed by atoms with Gasteiger partial charge in [-0.05, 0) is 37.3 Å². The Bertz CT molecular complexity index is 514. The molecular weight excluding hydrogens is 294 g/mol. The minimum Gasteiger partial charge on any atom is -0.487 e. The van der Waals surface area contributed by atoms with Crippen molar-refractivity contribution >= 4 is 15.9 Å². The van der Waals surface area contributed by atoms with Crippen LogP contribution in [-0.2, 0) is 6.61 Å². The number of nitrogens with zero attached hydrogens (tertiary/aromatic N) is 1. The molecule has 2 rings (SSSR count). The quantitative estimate of drug-likeness (QED) is 0.940. The van der Waals surface area contributed by atoms with Gasteiger partial charge in [-0.25, -0.2) is 0 Å². The Kier molecular flexibility index (Phi) is 4.33. The lowest BCUT2D eigenvalue weighted by Gasteiger charge is -2.13. The number of halogens is 1. The van der Waals surface area contributed by atoms with E-state index in [1.54, 1.807) is 13.1 Å².